The minimum absolute atomic E-state index is 0.0113. The number of piperidine rings is 1. The number of carbonyl (C=O) groups is 4. The van der Waals surface area contributed by atoms with Crippen molar-refractivity contribution >= 4 is 61.5 Å². The number of benzene rings is 2. The van der Waals surface area contributed by atoms with Gasteiger partial charge in [0.05, 0.1) is 22.1 Å². The molecule has 3 saturated heterocycles. The number of aromatic hydroxyl groups is 1. The van der Waals surface area contributed by atoms with Gasteiger partial charge in [0.1, 0.15) is 5.75 Å². The number of hydrogen-bond donors (Lipinski definition) is 2. The molecule has 2 unspecified atom stereocenters. The maximum Gasteiger partial charge on any atom is 0.410 e. The number of nitrogens with zero attached hydrogens (tertiary/aromatic N) is 4. The predicted molar refractivity (Wildman–Crippen MR) is 194 cm³/mol. The van der Waals surface area contributed by atoms with Crippen LogP contribution in [0.15, 0.2) is 45.3 Å². The summed E-state index contributed by atoms with van der Waals surface area (Å²) in [6.45, 7) is 6.64. The van der Waals surface area contributed by atoms with E-state index in [-0.39, 0.29) is 42.7 Å². The van der Waals surface area contributed by atoms with E-state index in [1.54, 1.807) is 24.0 Å². The molecule has 3 atom stereocenters. The summed E-state index contributed by atoms with van der Waals surface area (Å²) in [7, 11) is 0. The molecule has 6 rings (SSSR count). The first kappa shape index (κ1) is 36.4. The van der Waals surface area contributed by atoms with E-state index in [0.717, 1.165) is 49.2 Å². The summed E-state index contributed by atoms with van der Waals surface area (Å²) in [4.78, 5) is 60.3. The second kappa shape index (κ2) is 16.3. The third-order valence-corrected chi connectivity index (χ3v) is 11.7. The van der Waals surface area contributed by atoms with E-state index in [9.17, 15) is 24.3 Å². The largest absolute Gasteiger partial charge is 0.506 e. The minimum Gasteiger partial charge on any atom is -0.506 e. The number of nitrogens with one attached hydrogen (secondary N) is 1. The topological polar surface area (TPSA) is 132 Å². The Labute approximate surface area is 309 Å². The van der Waals surface area contributed by atoms with Gasteiger partial charge in [-0.05, 0) is 119 Å². The number of hydrogen-bond acceptors (Lipinski definition) is 8. The first-order valence-electron chi connectivity index (χ1n) is 17.5. The summed E-state index contributed by atoms with van der Waals surface area (Å²) < 4.78 is 12.1. The fourth-order valence-corrected chi connectivity index (χ4v) is 9.06. The van der Waals surface area contributed by atoms with Crippen molar-refractivity contribution in [2.75, 3.05) is 64.3 Å². The molecule has 50 heavy (non-hydrogen) atoms. The van der Waals surface area contributed by atoms with Crippen LogP contribution in [0.3, 0.4) is 0 Å². The molecule has 0 bridgehead atoms. The van der Waals surface area contributed by atoms with Crippen molar-refractivity contribution in [3.05, 3.63) is 56.5 Å². The average Bonchev–Trinajstić information content (AvgIpc) is 3.74. The minimum atomic E-state index is -1.05. The second-order valence-corrected chi connectivity index (χ2v) is 15.4. The number of amides is 4. The summed E-state index contributed by atoms with van der Waals surface area (Å²) in [5.74, 6) is 0.264. The summed E-state index contributed by atoms with van der Waals surface area (Å²) in [6.07, 6.45) is 2.33. The molecule has 0 saturated carbocycles. The SMILES string of the molecule is CCOC(=O)CN1CCC(C2CCN(C(=O)[C@@H](Cc3cc(Br)c(O)c(Br)c3)OC(=O)N3CCC(N4CCc5ccccc5NC4=O)CC3)C2)C1. The summed E-state index contributed by atoms with van der Waals surface area (Å²) in [5.41, 5.74) is 2.67. The molecule has 4 aliphatic heterocycles. The maximum atomic E-state index is 14.1. The molecule has 0 spiro atoms. The van der Waals surface area contributed by atoms with Gasteiger partial charge in [-0.3, -0.25) is 14.5 Å². The van der Waals surface area contributed by atoms with Crippen LogP contribution in [0, 0.1) is 11.8 Å². The van der Waals surface area contributed by atoms with Crippen LogP contribution in [0.25, 0.3) is 0 Å². The molecular weight excluding hydrogens is 774 g/mol. The highest BCUT2D eigenvalue weighted by atomic mass is 79.9. The number of para-hydroxylation sites is 1. The number of urea groups is 1. The molecule has 0 radical (unpaired) electrons. The van der Waals surface area contributed by atoms with Gasteiger partial charge < -0.3 is 34.6 Å². The Morgan fingerprint density at radius 1 is 0.940 bits per heavy atom. The van der Waals surface area contributed by atoms with Crippen molar-refractivity contribution in [2.45, 2.75) is 57.6 Å². The number of anilines is 1. The van der Waals surface area contributed by atoms with Gasteiger partial charge in [-0.25, -0.2) is 9.59 Å². The number of likely N-dealkylation sites (tertiary alicyclic amines) is 3. The standard InChI is InChI=1S/C36H45Br2N5O7/c1-2-49-32(44)22-40-12-7-25(20-40)26-8-13-42(21-26)34(46)31(19-23-17-28(37)33(45)29(38)18-23)50-36(48)41-14-10-27(11-15-41)43-16-9-24-5-3-4-6-30(24)39-35(43)47/h3-6,17-18,25-27,31,45H,2,7-16,19-22H2,1H3,(H,39,47)/t25?,26?,31-/m1/s1. The van der Waals surface area contributed by atoms with E-state index in [1.165, 1.54) is 0 Å². The molecule has 4 heterocycles. The lowest BCUT2D eigenvalue weighted by Gasteiger charge is -2.38. The lowest BCUT2D eigenvalue weighted by Crippen LogP contribution is -2.51. The van der Waals surface area contributed by atoms with E-state index in [0.29, 0.717) is 73.0 Å². The van der Waals surface area contributed by atoms with Crippen molar-refractivity contribution in [2.24, 2.45) is 11.8 Å². The molecule has 2 aromatic carbocycles. The molecule has 0 aliphatic carbocycles. The fraction of sp³-hybridized carbons (Fsp3) is 0.556. The number of rotatable bonds is 9. The number of halogens is 2. The molecule has 3 fully saturated rings. The molecule has 2 N–H and O–H groups in total. The number of phenols is 1. The molecule has 4 amide bonds. The Morgan fingerprint density at radius 3 is 2.36 bits per heavy atom. The van der Waals surface area contributed by atoms with Gasteiger partial charge in [0, 0.05) is 57.4 Å². The van der Waals surface area contributed by atoms with Crippen LogP contribution in [-0.4, -0.2) is 120 Å². The maximum absolute atomic E-state index is 14.1. The van der Waals surface area contributed by atoms with Crippen LogP contribution in [0.5, 0.6) is 5.75 Å². The Bertz CT molecular complexity index is 1560. The van der Waals surface area contributed by atoms with E-state index in [4.69, 9.17) is 9.47 Å². The Kier molecular flexibility index (Phi) is 11.9. The van der Waals surface area contributed by atoms with Crippen LogP contribution in [0.1, 0.15) is 43.7 Å². The number of ether oxygens (including phenoxy) is 2. The van der Waals surface area contributed by atoms with Crippen LogP contribution in [-0.2, 0) is 31.9 Å². The molecule has 0 aromatic heterocycles. The lowest BCUT2D eigenvalue weighted by atomic mass is 9.91. The zero-order valence-corrected chi connectivity index (χ0v) is 31.5. The van der Waals surface area contributed by atoms with Crippen LogP contribution in [0.2, 0.25) is 0 Å². The lowest BCUT2D eigenvalue weighted by molar-refractivity contribution is -0.144. The molecular formula is C36H45Br2N5O7. The van der Waals surface area contributed by atoms with E-state index in [1.807, 2.05) is 34.1 Å². The summed E-state index contributed by atoms with van der Waals surface area (Å²) >= 11 is 6.75. The Morgan fingerprint density at radius 2 is 1.62 bits per heavy atom. The highest BCUT2D eigenvalue weighted by Crippen LogP contribution is 2.35. The molecule has 270 valence electrons. The third kappa shape index (κ3) is 8.56. The summed E-state index contributed by atoms with van der Waals surface area (Å²) in [6, 6.07) is 11.2. The van der Waals surface area contributed by atoms with Gasteiger partial charge in [0.25, 0.3) is 5.91 Å². The first-order chi connectivity index (χ1) is 24.1. The van der Waals surface area contributed by atoms with Crippen LogP contribution < -0.4 is 5.32 Å². The number of carbonyl (C=O) groups excluding carboxylic acids is 4. The quantitative estimate of drug-likeness (QED) is 0.328. The van der Waals surface area contributed by atoms with Gasteiger partial charge in [0.2, 0.25) is 0 Å². The van der Waals surface area contributed by atoms with Crippen LogP contribution >= 0.6 is 31.9 Å². The smallest absolute Gasteiger partial charge is 0.410 e. The Hall–Kier alpha value is -3.36. The van der Waals surface area contributed by atoms with Gasteiger partial charge in [-0.15, -0.1) is 0 Å². The predicted octanol–water partition coefficient (Wildman–Crippen LogP) is 5.25. The van der Waals surface area contributed by atoms with Crippen molar-refractivity contribution < 1.29 is 33.8 Å². The first-order valence-corrected chi connectivity index (χ1v) is 19.1. The van der Waals surface area contributed by atoms with E-state index >= 15 is 0 Å². The summed E-state index contributed by atoms with van der Waals surface area (Å²) in [5, 5.41) is 13.3. The molecule has 2 aromatic rings. The van der Waals surface area contributed by atoms with Gasteiger partial charge in [-0.1, -0.05) is 18.2 Å². The van der Waals surface area contributed by atoms with E-state index < -0.39 is 12.2 Å². The second-order valence-electron chi connectivity index (χ2n) is 13.7. The van der Waals surface area contributed by atoms with Crippen molar-refractivity contribution in [3.63, 3.8) is 0 Å². The number of esters is 1. The van der Waals surface area contributed by atoms with Crippen LogP contribution in [0.4, 0.5) is 15.3 Å². The Balaban J connectivity index is 1.08. The zero-order chi connectivity index (χ0) is 35.4. The normalized spacial score (nSPS) is 22.1. The van der Waals surface area contributed by atoms with Gasteiger partial charge >= 0.3 is 18.1 Å². The fourth-order valence-electron chi connectivity index (χ4n) is 7.78. The van der Waals surface area contributed by atoms with Gasteiger partial charge in [0.15, 0.2) is 6.10 Å². The molecule has 4 aliphatic rings. The number of fused-ring (bicyclic) bond motifs is 1. The molecule has 12 nitrogen and oxygen atoms in total. The third-order valence-electron chi connectivity index (χ3n) is 10.5. The van der Waals surface area contributed by atoms with E-state index in [2.05, 4.69) is 42.1 Å². The van der Waals surface area contributed by atoms with Gasteiger partial charge in [-0.2, -0.15) is 0 Å². The number of phenolic OH excluding ortho intramolecular Hbond substituents is 1. The van der Waals surface area contributed by atoms with Crippen molar-refractivity contribution in [1.82, 2.24) is 19.6 Å². The highest BCUT2D eigenvalue weighted by Gasteiger charge is 2.40. The zero-order valence-electron chi connectivity index (χ0n) is 28.3. The molecule has 14 heteroatoms. The van der Waals surface area contributed by atoms with Crippen molar-refractivity contribution in [1.29, 1.82) is 0 Å². The average molecular weight is 820 g/mol. The van der Waals surface area contributed by atoms with Crippen molar-refractivity contribution in [3.8, 4) is 5.75 Å². The monoisotopic (exact) mass is 817 g/mol. The highest BCUT2D eigenvalue weighted by molar-refractivity contribution is 9.11.